The Kier molecular flexibility index (Phi) is 5.95. The second-order valence-electron chi connectivity index (χ2n) is 6.90. The molecule has 0 aliphatic heterocycles. The molecule has 0 spiro atoms. The Hall–Kier alpha value is -4.02. The molecule has 4 rings (SSSR count). The van der Waals surface area contributed by atoms with Crippen molar-refractivity contribution in [2.24, 2.45) is 4.99 Å². The van der Waals surface area contributed by atoms with Gasteiger partial charge in [0.2, 0.25) is 0 Å². The molecular formula is C21H13Cl2N5O5. The molecule has 1 aromatic carbocycles. The Morgan fingerprint density at radius 3 is 2.55 bits per heavy atom. The molecule has 33 heavy (non-hydrogen) atoms. The standard InChI is InChI=1S/C21H13Cl2N5O5/c22-16-10-27(31)11-17(23)18(16)25-21(30)19(29)15-9-26(20-14(15)5-2-6-24-20)8-12-3-1-4-13(7-12)28(32)33/h1-7,9-11,31H,8H2. The Morgan fingerprint density at radius 1 is 1.12 bits per heavy atom. The molecule has 3 heterocycles. The minimum Gasteiger partial charge on any atom is -0.429 e. The molecule has 0 fully saturated rings. The smallest absolute Gasteiger partial charge is 0.318 e. The molecule has 0 unspecified atom stereocenters. The van der Waals surface area contributed by atoms with E-state index in [0.717, 1.165) is 12.4 Å². The van der Waals surface area contributed by atoms with E-state index in [4.69, 9.17) is 23.2 Å². The summed E-state index contributed by atoms with van der Waals surface area (Å²) < 4.78 is 2.22. The summed E-state index contributed by atoms with van der Waals surface area (Å²) in [6, 6.07) is 9.31. The molecule has 166 valence electrons. The lowest BCUT2D eigenvalue weighted by atomic mass is 10.1. The Labute approximate surface area is 195 Å². The highest BCUT2D eigenvalue weighted by molar-refractivity contribution is 6.45. The molecule has 0 atom stereocenters. The summed E-state index contributed by atoms with van der Waals surface area (Å²) >= 11 is 11.9. The van der Waals surface area contributed by atoms with Crippen LogP contribution >= 0.6 is 23.2 Å². The number of rotatable bonds is 5. The van der Waals surface area contributed by atoms with Gasteiger partial charge in [-0.15, -0.1) is 0 Å². The van der Waals surface area contributed by atoms with E-state index in [9.17, 15) is 24.9 Å². The van der Waals surface area contributed by atoms with Crippen LogP contribution in [0.15, 0.2) is 66.2 Å². The van der Waals surface area contributed by atoms with Gasteiger partial charge in [0.25, 0.3) is 11.5 Å². The van der Waals surface area contributed by atoms with Crippen LogP contribution in [-0.4, -0.2) is 36.1 Å². The van der Waals surface area contributed by atoms with Gasteiger partial charge >= 0.3 is 5.91 Å². The van der Waals surface area contributed by atoms with E-state index in [1.807, 2.05) is 0 Å². The third kappa shape index (κ3) is 4.47. The van der Waals surface area contributed by atoms with Crippen molar-refractivity contribution in [2.45, 2.75) is 6.54 Å². The van der Waals surface area contributed by atoms with Crippen molar-refractivity contribution in [3.8, 4) is 0 Å². The minimum atomic E-state index is -1.12. The summed E-state index contributed by atoms with van der Waals surface area (Å²) in [5.41, 5.74) is 1.01. The van der Waals surface area contributed by atoms with Crippen LogP contribution in [0.2, 0.25) is 10.0 Å². The highest BCUT2D eigenvalue weighted by Crippen LogP contribution is 2.23. The van der Waals surface area contributed by atoms with Gasteiger partial charge in [-0.1, -0.05) is 35.3 Å². The predicted octanol–water partition coefficient (Wildman–Crippen LogP) is 3.65. The molecule has 1 N–H and O–H groups in total. The highest BCUT2D eigenvalue weighted by atomic mass is 35.5. The lowest BCUT2D eigenvalue weighted by Gasteiger charge is -2.04. The number of carbonyl (C=O) groups is 2. The first kappa shape index (κ1) is 22.2. The van der Waals surface area contributed by atoms with E-state index in [-0.39, 0.29) is 33.2 Å². The number of benzene rings is 1. The number of fused-ring (bicyclic) bond motifs is 1. The molecule has 0 radical (unpaired) electrons. The maximum absolute atomic E-state index is 12.9. The Morgan fingerprint density at radius 2 is 1.85 bits per heavy atom. The van der Waals surface area contributed by atoms with E-state index in [0.29, 0.717) is 21.3 Å². The van der Waals surface area contributed by atoms with Crippen molar-refractivity contribution >= 4 is 51.6 Å². The van der Waals surface area contributed by atoms with Crippen LogP contribution in [0.5, 0.6) is 0 Å². The van der Waals surface area contributed by atoms with Crippen LogP contribution in [0, 0.1) is 10.1 Å². The van der Waals surface area contributed by atoms with E-state index in [1.54, 1.807) is 28.8 Å². The maximum atomic E-state index is 12.9. The van der Waals surface area contributed by atoms with Crippen LogP contribution in [0.1, 0.15) is 15.9 Å². The lowest BCUT2D eigenvalue weighted by Crippen LogP contribution is -2.18. The largest absolute Gasteiger partial charge is 0.429 e. The van der Waals surface area contributed by atoms with E-state index >= 15 is 0 Å². The summed E-state index contributed by atoms with van der Waals surface area (Å²) in [4.78, 5) is 44.1. The van der Waals surface area contributed by atoms with Gasteiger partial charge in [0.05, 0.1) is 32.9 Å². The second-order valence-corrected chi connectivity index (χ2v) is 7.72. The number of hydrogen-bond donors (Lipinski definition) is 1. The van der Waals surface area contributed by atoms with Gasteiger partial charge in [0, 0.05) is 36.5 Å². The summed E-state index contributed by atoms with van der Waals surface area (Å²) in [7, 11) is 0. The normalized spacial score (nSPS) is 10.8. The van der Waals surface area contributed by atoms with Gasteiger partial charge in [0.15, 0.2) is 0 Å². The lowest BCUT2D eigenvalue weighted by molar-refractivity contribution is -0.384. The molecule has 12 heteroatoms. The first-order valence-corrected chi connectivity index (χ1v) is 10.1. The monoisotopic (exact) mass is 485 g/mol. The number of aromatic nitrogens is 3. The van der Waals surface area contributed by atoms with Gasteiger partial charge < -0.3 is 9.77 Å². The number of amides is 1. The number of non-ortho nitro benzene ring substituents is 1. The number of halogens is 2. The first-order chi connectivity index (χ1) is 15.7. The number of ketones is 1. The topological polar surface area (TPSA) is 133 Å². The number of carbonyl (C=O) groups excluding carboxylic acids is 2. The van der Waals surface area contributed by atoms with Crippen molar-refractivity contribution < 1.29 is 19.7 Å². The van der Waals surface area contributed by atoms with Gasteiger partial charge in [-0.3, -0.25) is 19.7 Å². The van der Waals surface area contributed by atoms with Crippen molar-refractivity contribution in [3.05, 3.63) is 97.8 Å². The number of hydrogen-bond acceptors (Lipinski definition) is 6. The Balaban J connectivity index is 1.74. The maximum Gasteiger partial charge on any atom is 0.318 e. The van der Waals surface area contributed by atoms with Crippen LogP contribution in [-0.2, 0) is 11.3 Å². The minimum absolute atomic E-state index is 0.0534. The van der Waals surface area contributed by atoms with Crippen LogP contribution in [0.25, 0.3) is 11.0 Å². The average molecular weight is 486 g/mol. The zero-order valence-electron chi connectivity index (χ0n) is 16.6. The van der Waals surface area contributed by atoms with Crippen molar-refractivity contribution in [3.63, 3.8) is 0 Å². The fourth-order valence-electron chi connectivity index (χ4n) is 3.27. The number of pyridine rings is 2. The van der Waals surface area contributed by atoms with Gasteiger partial charge in [-0.25, -0.2) is 9.98 Å². The molecule has 0 saturated carbocycles. The predicted molar refractivity (Wildman–Crippen MR) is 118 cm³/mol. The average Bonchev–Trinajstić information content (AvgIpc) is 3.14. The molecule has 4 aromatic rings. The van der Waals surface area contributed by atoms with Crippen LogP contribution < -0.4 is 5.36 Å². The van der Waals surface area contributed by atoms with E-state index in [2.05, 4.69) is 9.98 Å². The van der Waals surface area contributed by atoms with Crippen LogP contribution in [0.3, 0.4) is 0 Å². The van der Waals surface area contributed by atoms with Gasteiger partial charge in [-0.2, -0.15) is 4.73 Å². The summed E-state index contributed by atoms with van der Waals surface area (Å²) in [6.07, 6.45) is 5.11. The van der Waals surface area contributed by atoms with Crippen molar-refractivity contribution in [1.29, 1.82) is 0 Å². The molecule has 3 aromatic heterocycles. The zero-order valence-corrected chi connectivity index (χ0v) is 18.1. The van der Waals surface area contributed by atoms with Gasteiger partial charge in [0.1, 0.15) is 11.0 Å². The fraction of sp³-hybridized carbons (Fsp3) is 0.0476. The molecule has 1 amide bonds. The van der Waals surface area contributed by atoms with Crippen molar-refractivity contribution in [1.82, 2.24) is 14.3 Å². The Bertz CT molecular complexity index is 1480. The molecule has 0 bridgehead atoms. The molecule has 0 saturated heterocycles. The van der Waals surface area contributed by atoms with E-state index < -0.39 is 16.6 Å². The summed E-state index contributed by atoms with van der Waals surface area (Å²) in [5, 5.41) is 20.5. The summed E-state index contributed by atoms with van der Waals surface area (Å²) in [5.74, 6) is -2.04. The quantitative estimate of drug-likeness (QED) is 0.151. The third-order valence-electron chi connectivity index (χ3n) is 4.70. The summed E-state index contributed by atoms with van der Waals surface area (Å²) in [6.45, 7) is 0.181. The van der Waals surface area contributed by atoms with Crippen molar-refractivity contribution in [2.75, 3.05) is 0 Å². The first-order valence-electron chi connectivity index (χ1n) is 9.31. The fourth-order valence-corrected chi connectivity index (χ4v) is 3.81. The molecular weight excluding hydrogens is 473 g/mol. The SMILES string of the molecule is O=C(N=c1c(Cl)cn(O)cc1Cl)C(=O)c1cn(Cc2cccc([N+](=O)[O-])c2)c2ncccc12. The van der Waals surface area contributed by atoms with E-state index in [1.165, 1.54) is 24.5 Å². The second kappa shape index (κ2) is 8.85. The number of nitrogens with zero attached hydrogens (tertiary/aromatic N) is 5. The zero-order chi connectivity index (χ0) is 23.7. The number of Topliss-reactive ketones (excluding diaryl/α,β-unsaturated/α-hetero) is 1. The van der Waals surface area contributed by atoms with Crippen LogP contribution in [0.4, 0.5) is 5.69 Å². The number of nitro groups is 1. The third-order valence-corrected chi connectivity index (χ3v) is 5.26. The molecule has 10 nitrogen and oxygen atoms in total. The molecule has 0 aliphatic carbocycles. The number of nitro benzene ring substituents is 1. The highest BCUT2D eigenvalue weighted by Gasteiger charge is 2.22. The molecule has 0 aliphatic rings. The van der Waals surface area contributed by atoms with Gasteiger partial charge in [-0.05, 0) is 17.7 Å².